The third-order valence-corrected chi connectivity index (χ3v) is 3.83. The molecule has 2 rings (SSSR count). The fraction of sp³-hybridized carbons (Fsp3) is 0.250. The van der Waals surface area contributed by atoms with Gasteiger partial charge in [-0.3, -0.25) is 10.1 Å². The van der Waals surface area contributed by atoms with E-state index in [9.17, 15) is 14.4 Å². The van der Waals surface area contributed by atoms with Crippen molar-refractivity contribution in [3.8, 4) is 11.5 Å². The standard InChI is InChI=1S/C20H22N2O6/c1-12-5-7-15(13(2)9-12)21-20(25)22-18(23)11-28-16-8-6-14(19(24)27-4)10-17(16)26-3/h5-10H,11H2,1-4H3,(H2,21,22,23,25). The van der Waals surface area contributed by atoms with Gasteiger partial charge < -0.3 is 19.5 Å². The first-order valence-corrected chi connectivity index (χ1v) is 8.41. The molecule has 8 nitrogen and oxygen atoms in total. The highest BCUT2D eigenvalue weighted by molar-refractivity contribution is 6.02. The van der Waals surface area contributed by atoms with Crippen LogP contribution in [0.25, 0.3) is 0 Å². The lowest BCUT2D eigenvalue weighted by Gasteiger charge is -2.12. The SMILES string of the molecule is COC(=O)c1ccc(OCC(=O)NC(=O)Nc2ccc(C)cc2C)c(OC)c1. The number of aryl methyl sites for hydroxylation is 2. The minimum atomic E-state index is -0.659. The predicted octanol–water partition coefficient (Wildman–Crippen LogP) is 2.83. The zero-order chi connectivity index (χ0) is 20.7. The van der Waals surface area contributed by atoms with Crippen LogP contribution in [0.15, 0.2) is 36.4 Å². The molecule has 0 aromatic heterocycles. The van der Waals surface area contributed by atoms with E-state index >= 15 is 0 Å². The second-order valence-corrected chi connectivity index (χ2v) is 5.97. The van der Waals surface area contributed by atoms with Gasteiger partial charge in [0.05, 0.1) is 19.8 Å². The number of benzene rings is 2. The molecule has 0 aliphatic carbocycles. The van der Waals surface area contributed by atoms with E-state index in [0.717, 1.165) is 11.1 Å². The number of urea groups is 1. The number of ether oxygens (including phenoxy) is 3. The van der Waals surface area contributed by atoms with Gasteiger partial charge in [-0.2, -0.15) is 0 Å². The molecule has 0 aliphatic heterocycles. The number of nitrogens with one attached hydrogen (secondary N) is 2. The van der Waals surface area contributed by atoms with Gasteiger partial charge in [0.2, 0.25) is 0 Å². The molecular formula is C20H22N2O6. The Morgan fingerprint density at radius 1 is 0.964 bits per heavy atom. The van der Waals surface area contributed by atoms with Crippen molar-refractivity contribution in [2.75, 3.05) is 26.1 Å². The summed E-state index contributed by atoms with van der Waals surface area (Å²) in [6.45, 7) is 3.40. The largest absolute Gasteiger partial charge is 0.493 e. The van der Waals surface area contributed by atoms with Crippen LogP contribution < -0.4 is 20.1 Å². The average Bonchev–Trinajstić information content (AvgIpc) is 2.67. The van der Waals surface area contributed by atoms with Crippen LogP contribution in [0.2, 0.25) is 0 Å². The highest BCUT2D eigenvalue weighted by Crippen LogP contribution is 2.28. The number of methoxy groups -OCH3 is 2. The maximum atomic E-state index is 12.0. The number of anilines is 1. The van der Waals surface area contributed by atoms with Crippen LogP contribution in [0, 0.1) is 13.8 Å². The zero-order valence-electron chi connectivity index (χ0n) is 16.1. The first-order valence-electron chi connectivity index (χ1n) is 8.41. The lowest BCUT2D eigenvalue weighted by atomic mass is 10.1. The molecule has 0 fully saturated rings. The normalized spacial score (nSPS) is 10.0. The summed E-state index contributed by atoms with van der Waals surface area (Å²) < 4.78 is 15.2. The molecule has 0 spiro atoms. The van der Waals surface area contributed by atoms with Gasteiger partial charge in [-0.05, 0) is 43.7 Å². The summed E-state index contributed by atoms with van der Waals surface area (Å²) in [5, 5.41) is 4.80. The summed E-state index contributed by atoms with van der Waals surface area (Å²) in [6.07, 6.45) is 0. The molecule has 8 heteroatoms. The monoisotopic (exact) mass is 386 g/mol. The molecule has 0 heterocycles. The van der Waals surface area contributed by atoms with Crippen LogP contribution in [-0.2, 0) is 9.53 Å². The third-order valence-electron chi connectivity index (χ3n) is 3.83. The fourth-order valence-corrected chi connectivity index (χ4v) is 2.45. The predicted molar refractivity (Wildman–Crippen MR) is 103 cm³/mol. The number of imide groups is 1. The van der Waals surface area contributed by atoms with Crippen molar-refractivity contribution >= 4 is 23.6 Å². The molecule has 0 aliphatic rings. The van der Waals surface area contributed by atoms with Crippen LogP contribution in [0.5, 0.6) is 11.5 Å². The number of amides is 3. The van der Waals surface area contributed by atoms with Crippen LogP contribution >= 0.6 is 0 Å². The molecule has 0 unspecified atom stereocenters. The number of hydrogen-bond acceptors (Lipinski definition) is 6. The van der Waals surface area contributed by atoms with Crippen molar-refractivity contribution in [1.29, 1.82) is 0 Å². The van der Waals surface area contributed by atoms with E-state index in [1.807, 2.05) is 26.0 Å². The Hall–Kier alpha value is -3.55. The Morgan fingerprint density at radius 2 is 1.71 bits per heavy atom. The molecule has 2 aromatic rings. The second kappa shape index (κ2) is 9.40. The van der Waals surface area contributed by atoms with Crippen molar-refractivity contribution in [2.45, 2.75) is 13.8 Å². The summed E-state index contributed by atoms with van der Waals surface area (Å²) >= 11 is 0. The zero-order valence-corrected chi connectivity index (χ0v) is 16.1. The molecule has 3 amide bonds. The van der Waals surface area contributed by atoms with Gasteiger partial charge in [-0.1, -0.05) is 17.7 Å². The Labute approximate surface area is 162 Å². The average molecular weight is 386 g/mol. The Bertz CT molecular complexity index is 894. The minimum absolute atomic E-state index is 0.250. The highest BCUT2D eigenvalue weighted by Gasteiger charge is 2.14. The molecule has 148 valence electrons. The first kappa shape index (κ1) is 20.8. The van der Waals surface area contributed by atoms with E-state index in [2.05, 4.69) is 15.4 Å². The van der Waals surface area contributed by atoms with Gasteiger partial charge in [-0.25, -0.2) is 9.59 Å². The Kier molecular flexibility index (Phi) is 6.97. The van der Waals surface area contributed by atoms with Crippen molar-refractivity contribution in [1.82, 2.24) is 5.32 Å². The quantitative estimate of drug-likeness (QED) is 0.740. The first-order chi connectivity index (χ1) is 13.3. The fourth-order valence-electron chi connectivity index (χ4n) is 2.45. The van der Waals surface area contributed by atoms with E-state index in [-0.39, 0.29) is 17.1 Å². The second-order valence-electron chi connectivity index (χ2n) is 5.97. The van der Waals surface area contributed by atoms with Crippen LogP contribution in [0.1, 0.15) is 21.5 Å². The molecule has 2 aromatic carbocycles. The van der Waals surface area contributed by atoms with E-state index in [4.69, 9.17) is 9.47 Å². The molecular weight excluding hydrogens is 364 g/mol. The van der Waals surface area contributed by atoms with Gasteiger partial charge in [0, 0.05) is 5.69 Å². The highest BCUT2D eigenvalue weighted by atomic mass is 16.5. The van der Waals surface area contributed by atoms with Crippen LogP contribution in [0.4, 0.5) is 10.5 Å². The van der Waals surface area contributed by atoms with Gasteiger partial charge in [0.25, 0.3) is 5.91 Å². The Balaban J connectivity index is 1.93. The van der Waals surface area contributed by atoms with Gasteiger partial charge in [0.15, 0.2) is 18.1 Å². The summed E-state index contributed by atoms with van der Waals surface area (Å²) in [6, 6.07) is 9.28. The topological polar surface area (TPSA) is 103 Å². The van der Waals surface area contributed by atoms with Gasteiger partial charge in [0.1, 0.15) is 0 Å². The number of hydrogen-bond donors (Lipinski definition) is 2. The molecule has 0 saturated heterocycles. The van der Waals surface area contributed by atoms with E-state index in [0.29, 0.717) is 5.69 Å². The van der Waals surface area contributed by atoms with E-state index in [1.54, 1.807) is 6.07 Å². The van der Waals surface area contributed by atoms with Crippen molar-refractivity contribution < 1.29 is 28.6 Å². The minimum Gasteiger partial charge on any atom is -0.493 e. The van der Waals surface area contributed by atoms with Gasteiger partial charge >= 0.3 is 12.0 Å². The number of carbonyl (C=O) groups is 3. The summed E-state index contributed by atoms with van der Waals surface area (Å²) in [5.41, 5.74) is 2.84. The number of carbonyl (C=O) groups excluding carboxylic acids is 3. The molecule has 0 atom stereocenters. The summed E-state index contributed by atoms with van der Waals surface area (Å²) in [5.74, 6) is -0.650. The van der Waals surface area contributed by atoms with Crippen LogP contribution in [-0.4, -0.2) is 38.7 Å². The summed E-state index contributed by atoms with van der Waals surface area (Å²) in [4.78, 5) is 35.5. The number of esters is 1. The number of rotatable bonds is 6. The van der Waals surface area contributed by atoms with Gasteiger partial charge in [-0.15, -0.1) is 0 Å². The van der Waals surface area contributed by atoms with Crippen molar-refractivity contribution in [2.24, 2.45) is 0 Å². The third kappa shape index (κ3) is 5.47. The molecule has 2 N–H and O–H groups in total. The lowest BCUT2D eigenvalue weighted by Crippen LogP contribution is -2.37. The maximum absolute atomic E-state index is 12.0. The smallest absolute Gasteiger partial charge is 0.337 e. The lowest BCUT2D eigenvalue weighted by molar-refractivity contribution is -0.121. The molecule has 28 heavy (non-hydrogen) atoms. The van der Waals surface area contributed by atoms with E-state index < -0.39 is 24.5 Å². The van der Waals surface area contributed by atoms with Crippen molar-refractivity contribution in [3.05, 3.63) is 53.1 Å². The van der Waals surface area contributed by atoms with Crippen LogP contribution in [0.3, 0.4) is 0 Å². The summed E-state index contributed by atoms with van der Waals surface area (Å²) in [7, 11) is 2.67. The maximum Gasteiger partial charge on any atom is 0.337 e. The molecule has 0 radical (unpaired) electrons. The van der Waals surface area contributed by atoms with E-state index in [1.165, 1.54) is 32.4 Å². The molecule has 0 bridgehead atoms. The Morgan fingerprint density at radius 3 is 2.36 bits per heavy atom. The van der Waals surface area contributed by atoms with Crippen molar-refractivity contribution in [3.63, 3.8) is 0 Å². The molecule has 0 saturated carbocycles.